The number of alkyl halides is 2. The van der Waals surface area contributed by atoms with Crippen molar-refractivity contribution >= 4 is 0 Å². The van der Waals surface area contributed by atoms with E-state index >= 15 is 0 Å². The van der Waals surface area contributed by atoms with E-state index in [1.807, 2.05) is 0 Å². The number of aryl methyl sites for hydroxylation is 1. The van der Waals surface area contributed by atoms with E-state index in [1.54, 1.807) is 4.68 Å². The van der Waals surface area contributed by atoms with Crippen LogP contribution in [-0.4, -0.2) is 46.4 Å². The molecule has 1 heterocycles. The summed E-state index contributed by atoms with van der Waals surface area (Å²) in [4.78, 5) is 0. The van der Waals surface area contributed by atoms with Gasteiger partial charge in [0, 0.05) is 13.0 Å². The third-order valence-corrected chi connectivity index (χ3v) is 1.89. The highest BCUT2D eigenvalue weighted by atomic mass is 19.3. The second kappa shape index (κ2) is 7.18. The Morgan fingerprint density at radius 3 is 2.94 bits per heavy atom. The molecule has 0 aliphatic carbocycles. The highest BCUT2D eigenvalue weighted by molar-refractivity contribution is 4.80. The number of hydrogen-bond donors (Lipinski definition) is 1. The zero-order valence-corrected chi connectivity index (χ0v) is 8.85. The minimum Gasteiger partial charge on any atom is -0.375 e. The van der Waals surface area contributed by atoms with E-state index in [0.717, 1.165) is 6.42 Å². The number of tetrazole rings is 1. The van der Waals surface area contributed by atoms with Crippen LogP contribution in [0.5, 0.6) is 0 Å². The molecule has 0 unspecified atom stereocenters. The lowest BCUT2D eigenvalue weighted by Crippen LogP contribution is -2.13. The molecule has 8 heteroatoms. The maximum absolute atomic E-state index is 11.8. The van der Waals surface area contributed by atoms with E-state index in [0.29, 0.717) is 25.3 Å². The molecule has 0 saturated heterocycles. The van der Waals surface area contributed by atoms with Crippen LogP contribution in [0.2, 0.25) is 0 Å². The zero-order valence-electron chi connectivity index (χ0n) is 8.85. The number of aromatic nitrogens is 4. The van der Waals surface area contributed by atoms with Crippen LogP contribution in [0.4, 0.5) is 8.78 Å². The Morgan fingerprint density at radius 1 is 1.44 bits per heavy atom. The standard InChI is InChI=1S/C8H15F2N5O/c9-7(10)6-16-5-2-8-12-13-14-15(8)4-1-3-11/h7H,1-6,11H2. The number of ether oxygens (including phenoxy) is 1. The molecular weight excluding hydrogens is 220 g/mol. The molecule has 0 saturated carbocycles. The normalized spacial score (nSPS) is 11.2. The second-order valence-electron chi connectivity index (χ2n) is 3.18. The van der Waals surface area contributed by atoms with Crippen LogP contribution in [0.3, 0.4) is 0 Å². The van der Waals surface area contributed by atoms with E-state index < -0.39 is 13.0 Å². The van der Waals surface area contributed by atoms with Crippen molar-refractivity contribution in [3.05, 3.63) is 5.82 Å². The van der Waals surface area contributed by atoms with Gasteiger partial charge in [0.05, 0.1) is 6.61 Å². The van der Waals surface area contributed by atoms with Crippen LogP contribution in [0.15, 0.2) is 0 Å². The van der Waals surface area contributed by atoms with E-state index in [2.05, 4.69) is 15.5 Å². The average molecular weight is 235 g/mol. The van der Waals surface area contributed by atoms with Gasteiger partial charge in [-0.15, -0.1) is 5.10 Å². The quantitative estimate of drug-likeness (QED) is 0.634. The molecule has 0 aromatic carbocycles. The van der Waals surface area contributed by atoms with Crippen molar-refractivity contribution < 1.29 is 13.5 Å². The first kappa shape index (κ1) is 12.9. The van der Waals surface area contributed by atoms with Gasteiger partial charge in [-0.1, -0.05) is 0 Å². The summed E-state index contributed by atoms with van der Waals surface area (Å²) in [6.07, 6.45) is -1.24. The number of nitrogens with two attached hydrogens (primary N) is 1. The first-order chi connectivity index (χ1) is 7.74. The number of nitrogens with zero attached hydrogens (tertiary/aromatic N) is 4. The molecule has 0 bridgehead atoms. The lowest BCUT2D eigenvalue weighted by molar-refractivity contribution is 0.0180. The fourth-order valence-electron chi connectivity index (χ4n) is 1.15. The molecule has 2 N–H and O–H groups in total. The molecule has 0 aliphatic rings. The van der Waals surface area contributed by atoms with E-state index in [-0.39, 0.29) is 6.61 Å². The maximum Gasteiger partial charge on any atom is 0.261 e. The monoisotopic (exact) mass is 235 g/mol. The molecule has 16 heavy (non-hydrogen) atoms. The van der Waals surface area contributed by atoms with Gasteiger partial charge in [0.15, 0.2) is 5.82 Å². The number of halogens is 2. The van der Waals surface area contributed by atoms with Crippen LogP contribution in [0, 0.1) is 0 Å². The minimum absolute atomic E-state index is 0.188. The van der Waals surface area contributed by atoms with Crippen molar-refractivity contribution in [1.82, 2.24) is 20.2 Å². The zero-order chi connectivity index (χ0) is 11.8. The minimum atomic E-state index is -2.44. The van der Waals surface area contributed by atoms with E-state index in [1.165, 1.54) is 0 Å². The van der Waals surface area contributed by atoms with Gasteiger partial charge in [-0.2, -0.15) is 0 Å². The fourth-order valence-corrected chi connectivity index (χ4v) is 1.15. The first-order valence-corrected chi connectivity index (χ1v) is 5.05. The summed E-state index contributed by atoms with van der Waals surface area (Å²) in [7, 11) is 0. The summed E-state index contributed by atoms with van der Waals surface area (Å²) >= 11 is 0. The lowest BCUT2D eigenvalue weighted by atomic mass is 10.4. The molecule has 1 aromatic heterocycles. The molecule has 0 spiro atoms. The molecular formula is C8H15F2N5O. The molecule has 1 rings (SSSR count). The number of hydrogen-bond acceptors (Lipinski definition) is 5. The van der Waals surface area contributed by atoms with Crippen LogP contribution >= 0.6 is 0 Å². The van der Waals surface area contributed by atoms with Crippen molar-refractivity contribution in [2.75, 3.05) is 19.8 Å². The fraction of sp³-hybridized carbons (Fsp3) is 0.875. The molecule has 0 radical (unpaired) electrons. The van der Waals surface area contributed by atoms with Crippen molar-refractivity contribution in [2.24, 2.45) is 5.73 Å². The molecule has 0 fully saturated rings. The highest BCUT2D eigenvalue weighted by Crippen LogP contribution is 1.98. The first-order valence-electron chi connectivity index (χ1n) is 5.05. The van der Waals surface area contributed by atoms with Gasteiger partial charge in [0.1, 0.15) is 6.61 Å². The largest absolute Gasteiger partial charge is 0.375 e. The smallest absolute Gasteiger partial charge is 0.261 e. The SMILES string of the molecule is NCCCn1nnnc1CCOCC(F)F. The third kappa shape index (κ3) is 4.58. The van der Waals surface area contributed by atoms with Crippen LogP contribution < -0.4 is 5.73 Å². The molecule has 6 nitrogen and oxygen atoms in total. The van der Waals surface area contributed by atoms with Gasteiger partial charge in [-0.25, -0.2) is 13.5 Å². The summed E-state index contributed by atoms with van der Waals surface area (Å²) in [5, 5.41) is 11.1. The molecule has 0 atom stereocenters. The molecule has 0 aliphatic heterocycles. The van der Waals surface area contributed by atoms with Crippen LogP contribution in [-0.2, 0) is 17.7 Å². The van der Waals surface area contributed by atoms with Crippen LogP contribution in [0.1, 0.15) is 12.2 Å². The Kier molecular flexibility index (Phi) is 5.79. The Morgan fingerprint density at radius 2 is 2.25 bits per heavy atom. The van der Waals surface area contributed by atoms with Gasteiger partial charge >= 0.3 is 0 Å². The van der Waals surface area contributed by atoms with Gasteiger partial charge in [0.25, 0.3) is 6.43 Å². The van der Waals surface area contributed by atoms with Gasteiger partial charge in [-0.3, -0.25) is 0 Å². The van der Waals surface area contributed by atoms with Crippen LogP contribution in [0.25, 0.3) is 0 Å². The maximum atomic E-state index is 11.8. The number of rotatable bonds is 8. The Bertz CT molecular complexity index is 294. The van der Waals surface area contributed by atoms with Crippen molar-refractivity contribution in [1.29, 1.82) is 0 Å². The Hall–Kier alpha value is -1.15. The van der Waals surface area contributed by atoms with Crippen molar-refractivity contribution in [2.45, 2.75) is 25.8 Å². The van der Waals surface area contributed by atoms with Gasteiger partial charge in [0.2, 0.25) is 0 Å². The van der Waals surface area contributed by atoms with Gasteiger partial charge < -0.3 is 10.5 Å². The summed E-state index contributed by atoms with van der Waals surface area (Å²) < 4.78 is 29.9. The predicted molar refractivity (Wildman–Crippen MR) is 52.0 cm³/mol. The Labute approximate surface area is 91.8 Å². The topological polar surface area (TPSA) is 78.9 Å². The van der Waals surface area contributed by atoms with E-state index in [4.69, 9.17) is 10.5 Å². The average Bonchev–Trinajstić information content (AvgIpc) is 2.69. The van der Waals surface area contributed by atoms with E-state index in [9.17, 15) is 8.78 Å². The summed E-state index contributed by atoms with van der Waals surface area (Å²) in [5.74, 6) is 0.628. The molecule has 1 aromatic rings. The van der Waals surface area contributed by atoms with Crippen molar-refractivity contribution in [3.63, 3.8) is 0 Å². The third-order valence-electron chi connectivity index (χ3n) is 1.89. The lowest BCUT2D eigenvalue weighted by Gasteiger charge is -2.04. The molecule has 0 amide bonds. The highest BCUT2D eigenvalue weighted by Gasteiger charge is 2.06. The molecule has 92 valence electrons. The summed E-state index contributed by atoms with van der Waals surface area (Å²) in [6, 6.07) is 0. The summed E-state index contributed by atoms with van der Waals surface area (Å²) in [6.45, 7) is 0.826. The predicted octanol–water partition coefficient (Wildman–Crippen LogP) is -0.154. The van der Waals surface area contributed by atoms with Crippen molar-refractivity contribution in [3.8, 4) is 0 Å². The van der Waals surface area contributed by atoms with Gasteiger partial charge in [-0.05, 0) is 23.4 Å². The summed E-state index contributed by atoms with van der Waals surface area (Å²) in [5.41, 5.74) is 5.36. The second-order valence-corrected chi connectivity index (χ2v) is 3.18. The Balaban J connectivity index is 2.27.